The highest BCUT2D eigenvalue weighted by Gasteiger charge is 2.04. The molecule has 0 unspecified atom stereocenters. The van der Waals surface area contributed by atoms with E-state index in [4.69, 9.17) is 4.52 Å². The quantitative estimate of drug-likeness (QED) is 0.534. The predicted octanol–water partition coefficient (Wildman–Crippen LogP) is 2.91. The summed E-state index contributed by atoms with van der Waals surface area (Å²) in [5.74, 6) is 0. The van der Waals surface area contributed by atoms with Crippen molar-refractivity contribution in [3.8, 4) is 0 Å². The van der Waals surface area contributed by atoms with E-state index in [-0.39, 0.29) is 0 Å². The van der Waals surface area contributed by atoms with Crippen LogP contribution in [0, 0.1) is 0 Å². The van der Waals surface area contributed by atoms with Crippen molar-refractivity contribution in [3.63, 3.8) is 0 Å². The van der Waals surface area contributed by atoms with E-state index in [1.165, 1.54) is 10.8 Å². The van der Waals surface area contributed by atoms with Crippen LogP contribution in [-0.2, 0) is 0 Å². The lowest BCUT2D eigenvalue weighted by atomic mass is 10.3. The van der Waals surface area contributed by atoms with Gasteiger partial charge in [0.25, 0.3) is 0 Å². The largest absolute Gasteiger partial charge is 0.381 e. The molecule has 2 nitrogen and oxygen atoms in total. The van der Waals surface area contributed by atoms with Crippen molar-refractivity contribution in [1.29, 1.82) is 0 Å². The molecule has 12 heavy (non-hydrogen) atoms. The van der Waals surface area contributed by atoms with Crippen LogP contribution in [0.3, 0.4) is 0 Å². The Hall–Kier alpha value is -1.70. The fourth-order valence-corrected chi connectivity index (χ4v) is 1.57. The zero-order valence-electron chi connectivity index (χ0n) is 6.37. The van der Waals surface area contributed by atoms with Gasteiger partial charge in [0.2, 0.25) is 0 Å². The standard InChI is InChI=1S/C10H7NO/c1-2-4-9-10-7(3-1)5-6-8(10)11-12-9/h1-6,11H. The summed E-state index contributed by atoms with van der Waals surface area (Å²) in [4.78, 5) is 0. The van der Waals surface area contributed by atoms with E-state index < -0.39 is 0 Å². The maximum Gasteiger partial charge on any atom is 0.165 e. The first-order chi connectivity index (χ1) is 5.95. The number of H-pyrrole nitrogens is 1. The molecular weight excluding hydrogens is 150 g/mol. The molecule has 0 fully saturated rings. The van der Waals surface area contributed by atoms with Crippen molar-refractivity contribution in [2.45, 2.75) is 0 Å². The molecule has 2 aromatic carbocycles. The third-order valence-corrected chi connectivity index (χ3v) is 2.14. The Morgan fingerprint density at radius 3 is 2.92 bits per heavy atom. The van der Waals surface area contributed by atoms with Gasteiger partial charge < -0.3 is 4.52 Å². The van der Waals surface area contributed by atoms with Gasteiger partial charge in [-0.3, -0.25) is 0 Å². The SMILES string of the molecule is c1ccc2o[nH]c3ccc(c1)c32. The molecule has 0 spiro atoms. The second kappa shape index (κ2) is 1.91. The molecule has 0 atom stereocenters. The highest BCUT2D eigenvalue weighted by atomic mass is 16.5. The van der Waals surface area contributed by atoms with Gasteiger partial charge in [0.05, 0.1) is 10.9 Å². The number of aromatic nitrogens is 1. The molecule has 1 aromatic heterocycles. The molecule has 0 saturated carbocycles. The highest BCUT2D eigenvalue weighted by Crippen LogP contribution is 2.26. The van der Waals surface area contributed by atoms with Crippen molar-refractivity contribution < 1.29 is 4.52 Å². The third-order valence-electron chi connectivity index (χ3n) is 2.14. The third kappa shape index (κ3) is 0.593. The van der Waals surface area contributed by atoms with Crippen LogP contribution in [0.15, 0.2) is 40.9 Å². The number of hydrogen-bond donors (Lipinski definition) is 1. The van der Waals surface area contributed by atoms with E-state index in [2.05, 4.69) is 17.3 Å². The van der Waals surface area contributed by atoms with E-state index in [0.717, 1.165) is 11.1 Å². The van der Waals surface area contributed by atoms with Gasteiger partial charge in [0, 0.05) is 0 Å². The second-order valence-corrected chi connectivity index (χ2v) is 2.86. The molecule has 0 radical (unpaired) electrons. The van der Waals surface area contributed by atoms with Crippen LogP contribution in [0.25, 0.3) is 21.9 Å². The average molecular weight is 157 g/mol. The molecule has 0 saturated heterocycles. The van der Waals surface area contributed by atoms with Crippen molar-refractivity contribution in [2.24, 2.45) is 0 Å². The molecule has 0 bridgehead atoms. The number of hydrogen-bond acceptors (Lipinski definition) is 1. The minimum absolute atomic E-state index is 0.912. The molecule has 0 amide bonds. The summed E-state index contributed by atoms with van der Waals surface area (Å²) < 4.78 is 5.26. The van der Waals surface area contributed by atoms with Gasteiger partial charge >= 0.3 is 0 Å². The summed E-state index contributed by atoms with van der Waals surface area (Å²) >= 11 is 0. The normalized spacial score (nSPS) is 11.3. The van der Waals surface area contributed by atoms with E-state index >= 15 is 0 Å². The van der Waals surface area contributed by atoms with Gasteiger partial charge in [0.1, 0.15) is 0 Å². The van der Waals surface area contributed by atoms with Crippen LogP contribution in [0.2, 0.25) is 0 Å². The Labute approximate surface area is 68.7 Å². The van der Waals surface area contributed by atoms with E-state index in [0.29, 0.717) is 0 Å². The number of rotatable bonds is 0. The smallest absolute Gasteiger partial charge is 0.165 e. The molecule has 58 valence electrons. The lowest BCUT2D eigenvalue weighted by Gasteiger charge is -1.75. The van der Waals surface area contributed by atoms with Crippen LogP contribution in [0.1, 0.15) is 0 Å². The topological polar surface area (TPSA) is 28.9 Å². The summed E-state index contributed by atoms with van der Waals surface area (Å²) in [6.07, 6.45) is 0. The summed E-state index contributed by atoms with van der Waals surface area (Å²) in [5.41, 5.74) is 1.98. The Bertz CT molecular complexity index is 488. The molecular formula is C10H7NO. The predicted molar refractivity (Wildman–Crippen MR) is 48.1 cm³/mol. The molecule has 0 aliphatic rings. The number of aromatic amines is 1. The van der Waals surface area contributed by atoms with E-state index in [1.54, 1.807) is 0 Å². The zero-order valence-corrected chi connectivity index (χ0v) is 6.37. The highest BCUT2D eigenvalue weighted by molar-refractivity contribution is 6.07. The summed E-state index contributed by atoms with van der Waals surface area (Å²) in [6.45, 7) is 0. The summed E-state index contributed by atoms with van der Waals surface area (Å²) in [5, 5.41) is 5.27. The molecule has 3 rings (SSSR count). The van der Waals surface area contributed by atoms with Crippen LogP contribution in [-0.4, -0.2) is 5.16 Å². The Morgan fingerprint density at radius 1 is 1.00 bits per heavy atom. The molecule has 0 aliphatic carbocycles. The first kappa shape index (κ1) is 5.89. The maximum atomic E-state index is 5.26. The minimum atomic E-state index is 0.912. The second-order valence-electron chi connectivity index (χ2n) is 2.86. The van der Waals surface area contributed by atoms with Gasteiger partial charge in [-0.05, 0) is 17.5 Å². The molecule has 1 N–H and O–H groups in total. The molecule has 1 heterocycles. The average Bonchev–Trinajstić information content (AvgIpc) is 2.57. The Morgan fingerprint density at radius 2 is 1.92 bits per heavy atom. The van der Waals surface area contributed by atoms with E-state index in [9.17, 15) is 0 Å². The van der Waals surface area contributed by atoms with Crippen LogP contribution >= 0.6 is 0 Å². The van der Waals surface area contributed by atoms with Gasteiger partial charge in [-0.2, -0.15) is 0 Å². The fraction of sp³-hybridized carbons (Fsp3) is 0. The van der Waals surface area contributed by atoms with Crippen LogP contribution in [0.5, 0.6) is 0 Å². The first-order valence-corrected chi connectivity index (χ1v) is 3.90. The molecule has 0 aliphatic heterocycles. The molecule has 2 heteroatoms. The Balaban J connectivity index is 2.78. The van der Waals surface area contributed by atoms with Crippen molar-refractivity contribution in [2.75, 3.05) is 0 Å². The van der Waals surface area contributed by atoms with Crippen molar-refractivity contribution >= 4 is 21.9 Å². The van der Waals surface area contributed by atoms with Gasteiger partial charge in [-0.25, -0.2) is 5.16 Å². The van der Waals surface area contributed by atoms with Gasteiger partial charge in [-0.1, -0.05) is 24.3 Å². The number of nitrogens with one attached hydrogen (secondary N) is 1. The maximum absolute atomic E-state index is 5.26. The van der Waals surface area contributed by atoms with Crippen molar-refractivity contribution in [1.82, 2.24) is 5.16 Å². The van der Waals surface area contributed by atoms with Crippen LogP contribution < -0.4 is 0 Å². The first-order valence-electron chi connectivity index (χ1n) is 3.90. The molecule has 3 aromatic rings. The summed E-state index contributed by atoms with van der Waals surface area (Å²) in [6, 6.07) is 12.2. The fourth-order valence-electron chi connectivity index (χ4n) is 1.57. The Kier molecular flexibility index (Phi) is 0.939. The van der Waals surface area contributed by atoms with Crippen molar-refractivity contribution in [3.05, 3.63) is 36.4 Å². The summed E-state index contributed by atoms with van der Waals surface area (Å²) in [7, 11) is 0. The van der Waals surface area contributed by atoms with Crippen LogP contribution in [0.4, 0.5) is 0 Å². The monoisotopic (exact) mass is 157 g/mol. The zero-order chi connectivity index (χ0) is 7.97. The van der Waals surface area contributed by atoms with Gasteiger partial charge in [0.15, 0.2) is 5.58 Å². The van der Waals surface area contributed by atoms with E-state index in [1.807, 2.05) is 24.3 Å². The van der Waals surface area contributed by atoms with Gasteiger partial charge in [-0.15, -0.1) is 0 Å². The lowest BCUT2D eigenvalue weighted by molar-refractivity contribution is 0.465. The minimum Gasteiger partial charge on any atom is -0.381 e. The lowest BCUT2D eigenvalue weighted by Crippen LogP contribution is -1.51.